The maximum absolute atomic E-state index is 13.4. The second kappa shape index (κ2) is 5.71. The van der Waals surface area contributed by atoms with Crippen LogP contribution in [-0.2, 0) is 19.9 Å². The molecule has 3 amide bonds. The first-order valence-corrected chi connectivity index (χ1v) is 9.17. The predicted octanol–water partition coefficient (Wildman–Crippen LogP) is 1.54. The number of nitrogens with zero attached hydrogens (tertiary/aromatic N) is 2. The van der Waals surface area contributed by atoms with Crippen LogP contribution in [0.15, 0.2) is 48.5 Å². The average Bonchev–Trinajstić information content (AvgIpc) is 3.26. The summed E-state index contributed by atoms with van der Waals surface area (Å²) in [6, 6.07) is 12.0. The summed E-state index contributed by atoms with van der Waals surface area (Å²) in [5, 5.41) is 16.9. The fraction of sp³-hybridized carbons (Fsp3) is 0.250. The van der Waals surface area contributed by atoms with E-state index in [-0.39, 0.29) is 17.3 Å². The zero-order valence-corrected chi connectivity index (χ0v) is 15.3. The van der Waals surface area contributed by atoms with Crippen molar-refractivity contribution in [1.82, 2.24) is 5.32 Å². The first-order chi connectivity index (χ1) is 13.9. The Hall–Kier alpha value is -3.59. The monoisotopic (exact) mass is 392 g/mol. The number of amides is 3. The van der Waals surface area contributed by atoms with Gasteiger partial charge in [0, 0.05) is 29.4 Å². The van der Waals surface area contributed by atoms with E-state index in [1.165, 1.54) is 24.3 Å². The van der Waals surface area contributed by atoms with Gasteiger partial charge < -0.3 is 5.32 Å². The third-order valence-corrected chi connectivity index (χ3v) is 6.09. The van der Waals surface area contributed by atoms with Crippen molar-refractivity contribution >= 4 is 34.8 Å². The minimum atomic E-state index is -1.32. The van der Waals surface area contributed by atoms with Crippen molar-refractivity contribution in [3.8, 4) is 0 Å². The second-order valence-electron chi connectivity index (χ2n) is 7.53. The highest BCUT2D eigenvalue weighted by Crippen LogP contribution is 2.53. The molecule has 0 aliphatic carbocycles. The molecule has 9 heteroatoms. The number of nitro benzene ring substituents is 1. The molecule has 0 unspecified atom stereocenters. The van der Waals surface area contributed by atoms with Crippen molar-refractivity contribution in [2.24, 2.45) is 11.8 Å². The Balaban J connectivity index is 1.61. The van der Waals surface area contributed by atoms with E-state index in [4.69, 9.17) is 0 Å². The fourth-order valence-electron chi connectivity index (χ4n) is 4.90. The number of hydrogen-bond donors (Lipinski definition) is 2. The van der Waals surface area contributed by atoms with Crippen molar-refractivity contribution in [3.63, 3.8) is 0 Å². The van der Waals surface area contributed by atoms with Gasteiger partial charge in [-0.1, -0.05) is 18.2 Å². The lowest BCUT2D eigenvalue weighted by Gasteiger charge is -2.29. The fourth-order valence-corrected chi connectivity index (χ4v) is 4.90. The summed E-state index contributed by atoms with van der Waals surface area (Å²) in [6.07, 6.45) is 0. The molecule has 3 aliphatic heterocycles. The maximum Gasteiger partial charge on any atom is 0.269 e. The normalized spacial score (nSPS) is 29.9. The lowest BCUT2D eigenvalue weighted by atomic mass is 9.76. The number of anilines is 2. The smallest absolute Gasteiger partial charge is 0.269 e. The summed E-state index contributed by atoms with van der Waals surface area (Å²) < 4.78 is 0. The highest BCUT2D eigenvalue weighted by Gasteiger charge is 2.69. The molecule has 5 rings (SSSR count). The topological polar surface area (TPSA) is 122 Å². The van der Waals surface area contributed by atoms with Gasteiger partial charge in [0.1, 0.15) is 5.54 Å². The third-order valence-electron chi connectivity index (χ3n) is 6.09. The molecule has 2 saturated heterocycles. The van der Waals surface area contributed by atoms with Crippen molar-refractivity contribution in [3.05, 3.63) is 64.2 Å². The van der Waals surface area contributed by atoms with Gasteiger partial charge in [0.05, 0.1) is 22.4 Å². The van der Waals surface area contributed by atoms with Gasteiger partial charge in [-0.05, 0) is 25.1 Å². The molecular weight excluding hydrogens is 376 g/mol. The van der Waals surface area contributed by atoms with Gasteiger partial charge in [-0.15, -0.1) is 0 Å². The molecule has 3 heterocycles. The standard InChI is InChI=1S/C20H16N4O5/c1-10-15-16(20(22-10)13-4-2-3-5-14(13)21-19(20)27)18(26)23(17(15)25)11-6-8-12(9-7-11)24(28)29/h2-10,15-16,22H,1H3,(H,21,27)/t10-,15+,16-,20-/m0/s1. The van der Waals surface area contributed by atoms with E-state index in [1.54, 1.807) is 31.2 Å². The lowest BCUT2D eigenvalue weighted by Crippen LogP contribution is -2.53. The van der Waals surface area contributed by atoms with E-state index in [2.05, 4.69) is 10.6 Å². The largest absolute Gasteiger partial charge is 0.324 e. The van der Waals surface area contributed by atoms with Crippen molar-refractivity contribution < 1.29 is 19.3 Å². The Bertz CT molecular complexity index is 1100. The van der Waals surface area contributed by atoms with Gasteiger partial charge in [0.25, 0.3) is 5.69 Å². The number of non-ortho nitro benzene ring substituents is 1. The van der Waals surface area contributed by atoms with Crippen LogP contribution in [0.1, 0.15) is 12.5 Å². The van der Waals surface area contributed by atoms with E-state index in [0.717, 1.165) is 4.90 Å². The van der Waals surface area contributed by atoms with Gasteiger partial charge >= 0.3 is 0 Å². The van der Waals surface area contributed by atoms with Crippen LogP contribution >= 0.6 is 0 Å². The van der Waals surface area contributed by atoms with E-state index in [0.29, 0.717) is 11.3 Å². The Morgan fingerprint density at radius 3 is 2.41 bits per heavy atom. The zero-order chi connectivity index (χ0) is 20.5. The summed E-state index contributed by atoms with van der Waals surface area (Å²) in [5.41, 5.74) is 0.0729. The third kappa shape index (κ3) is 2.10. The van der Waals surface area contributed by atoms with Gasteiger partial charge in [-0.3, -0.25) is 29.8 Å². The van der Waals surface area contributed by atoms with E-state index < -0.39 is 40.2 Å². The minimum absolute atomic E-state index is 0.136. The summed E-state index contributed by atoms with van der Waals surface area (Å²) in [7, 11) is 0. The van der Waals surface area contributed by atoms with Gasteiger partial charge in [-0.25, -0.2) is 4.90 Å². The second-order valence-corrected chi connectivity index (χ2v) is 7.53. The Labute approximate surface area is 164 Å². The van der Waals surface area contributed by atoms with Gasteiger partial charge in [0.2, 0.25) is 17.7 Å². The highest BCUT2D eigenvalue weighted by atomic mass is 16.6. The lowest BCUT2D eigenvalue weighted by molar-refractivity contribution is -0.384. The number of carbonyl (C=O) groups excluding carboxylic acids is 3. The van der Waals surface area contributed by atoms with Crippen LogP contribution < -0.4 is 15.5 Å². The molecule has 3 aliphatic rings. The van der Waals surface area contributed by atoms with Gasteiger partial charge in [0.15, 0.2) is 0 Å². The quantitative estimate of drug-likeness (QED) is 0.454. The van der Waals surface area contributed by atoms with Crippen LogP contribution in [0.4, 0.5) is 17.1 Å². The highest BCUT2D eigenvalue weighted by molar-refractivity contribution is 6.25. The molecular formula is C20H16N4O5. The average molecular weight is 392 g/mol. The number of benzene rings is 2. The molecule has 0 bridgehead atoms. The molecule has 1 spiro atoms. The Morgan fingerprint density at radius 2 is 1.72 bits per heavy atom. The number of fused-ring (bicyclic) bond motifs is 4. The number of para-hydroxylation sites is 1. The molecule has 0 radical (unpaired) electrons. The van der Waals surface area contributed by atoms with E-state index >= 15 is 0 Å². The van der Waals surface area contributed by atoms with Crippen LogP contribution in [0.25, 0.3) is 0 Å². The molecule has 0 saturated carbocycles. The summed E-state index contributed by atoms with van der Waals surface area (Å²) >= 11 is 0. The zero-order valence-electron chi connectivity index (χ0n) is 15.3. The van der Waals surface area contributed by atoms with Crippen molar-refractivity contribution in [1.29, 1.82) is 0 Å². The van der Waals surface area contributed by atoms with Crippen LogP contribution in [0, 0.1) is 22.0 Å². The first kappa shape index (κ1) is 17.5. The van der Waals surface area contributed by atoms with Crippen LogP contribution in [0.3, 0.4) is 0 Å². The number of nitrogens with one attached hydrogen (secondary N) is 2. The molecule has 4 atom stereocenters. The SMILES string of the molecule is C[C@@H]1N[C@]2(C(=O)Nc3ccccc32)[C@@H]2C(=O)N(c3ccc([N+](=O)[O-])cc3)C(=O)[C@H]12. The van der Waals surface area contributed by atoms with Crippen LogP contribution in [0.2, 0.25) is 0 Å². The molecule has 29 heavy (non-hydrogen) atoms. The molecule has 2 fully saturated rings. The Kier molecular flexibility index (Phi) is 3.45. The molecule has 146 valence electrons. The summed E-state index contributed by atoms with van der Waals surface area (Å²) in [6.45, 7) is 1.78. The molecule has 9 nitrogen and oxygen atoms in total. The number of rotatable bonds is 2. The number of carbonyl (C=O) groups is 3. The van der Waals surface area contributed by atoms with Gasteiger partial charge in [-0.2, -0.15) is 0 Å². The summed E-state index contributed by atoms with van der Waals surface area (Å²) in [4.78, 5) is 51.0. The number of nitro groups is 1. The van der Waals surface area contributed by atoms with Crippen molar-refractivity contribution in [2.45, 2.75) is 18.5 Å². The van der Waals surface area contributed by atoms with E-state index in [1.807, 2.05) is 0 Å². The number of imide groups is 1. The number of hydrogen-bond acceptors (Lipinski definition) is 6. The van der Waals surface area contributed by atoms with Crippen LogP contribution in [-0.4, -0.2) is 28.7 Å². The molecule has 0 aromatic heterocycles. The molecule has 2 N–H and O–H groups in total. The summed E-state index contributed by atoms with van der Waals surface area (Å²) in [5.74, 6) is -2.87. The van der Waals surface area contributed by atoms with Crippen molar-refractivity contribution in [2.75, 3.05) is 10.2 Å². The molecule has 2 aromatic carbocycles. The predicted molar refractivity (Wildman–Crippen MR) is 102 cm³/mol. The van der Waals surface area contributed by atoms with Crippen LogP contribution in [0.5, 0.6) is 0 Å². The Morgan fingerprint density at radius 1 is 1.03 bits per heavy atom. The maximum atomic E-state index is 13.4. The minimum Gasteiger partial charge on any atom is -0.324 e. The van der Waals surface area contributed by atoms with E-state index in [9.17, 15) is 24.5 Å². The first-order valence-electron chi connectivity index (χ1n) is 9.17. The molecule has 2 aromatic rings.